The molecule has 0 bridgehead atoms. The summed E-state index contributed by atoms with van der Waals surface area (Å²) in [6.45, 7) is 3.37. The van der Waals surface area contributed by atoms with Crippen LogP contribution in [-0.4, -0.2) is 42.5 Å². The number of aliphatic hydroxyl groups is 1. The maximum atomic E-state index is 12.0. The largest absolute Gasteiger partial charge is 0.488 e. The van der Waals surface area contributed by atoms with Crippen LogP contribution in [-0.2, 0) is 9.53 Å². The molecule has 25 heavy (non-hydrogen) atoms. The highest BCUT2D eigenvalue weighted by atomic mass is 16.5. The van der Waals surface area contributed by atoms with Gasteiger partial charge in [0.15, 0.2) is 0 Å². The lowest BCUT2D eigenvalue weighted by molar-refractivity contribution is -0.122. The molecule has 1 saturated heterocycles. The molecule has 5 heteroatoms. The summed E-state index contributed by atoms with van der Waals surface area (Å²) < 4.78 is 11.5. The first-order chi connectivity index (χ1) is 12.1. The third-order valence-corrected chi connectivity index (χ3v) is 5.27. The smallest absolute Gasteiger partial charge is 0.220 e. The Morgan fingerprint density at radius 3 is 2.80 bits per heavy atom. The number of ether oxygens (including phenoxy) is 2. The van der Waals surface area contributed by atoms with E-state index in [2.05, 4.69) is 5.32 Å². The minimum absolute atomic E-state index is 0.0469. The second-order valence-corrected chi connectivity index (χ2v) is 7.28. The van der Waals surface area contributed by atoms with Gasteiger partial charge >= 0.3 is 0 Å². The van der Waals surface area contributed by atoms with Crippen LogP contribution in [0.3, 0.4) is 0 Å². The Morgan fingerprint density at radius 1 is 1.28 bits per heavy atom. The number of aliphatic hydroxyl groups excluding tert-OH is 1. The van der Waals surface area contributed by atoms with Crippen molar-refractivity contribution >= 4 is 5.91 Å². The third kappa shape index (κ3) is 5.19. The van der Waals surface area contributed by atoms with Gasteiger partial charge in [-0.1, -0.05) is 17.7 Å². The van der Waals surface area contributed by atoms with E-state index < -0.39 is 6.10 Å². The second-order valence-electron chi connectivity index (χ2n) is 7.28. The number of carbonyl (C=O) groups is 1. The molecule has 4 atom stereocenters. The van der Waals surface area contributed by atoms with E-state index in [1.807, 2.05) is 31.2 Å². The molecule has 138 valence electrons. The second kappa shape index (κ2) is 8.68. The van der Waals surface area contributed by atoms with Crippen LogP contribution in [0.15, 0.2) is 24.3 Å². The third-order valence-electron chi connectivity index (χ3n) is 5.27. The summed E-state index contributed by atoms with van der Waals surface area (Å²) in [5.41, 5.74) is 1.18. The fraction of sp³-hybridized carbons (Fsp3) is 0.650. The van der Waals surface area contributed by atoms with Crippen LogP contribution in [0.5, 0.6) is 5.75 Å². The summed E-state index contributed by atoms with van der Waals surface area (Å²) in [4.78, 5) is 12.0. The van der Waals surface area contributed by atoms with E-state index in [0.717, 1.165) is 44.5 Å². The van der Waals surface area contributed by atoms with E-state index in [1.54, 1.807) is 0 Å². The lowest BCUT2D eigenvalue weighted by atomic mass is 10.1. The van der Waals surface area contributed by atoms with E-state index >= 15 is 0 Å². The van der Waals surface area contributed by atoms with Crippen LogP contribution in [0.25, 0.3) is 0 Å². The highest BCUT2D eigenvalue weighted by Gasteiger charge is 2.36. The Bertz CT molecular complexity index is 553. The Hall–Kier alpha value is -1.59. The monoisotopic (exact) mass is 347 g/mol. The maximum Gasteiger partial charge on any atom is 0.220 e. The predicted molar refractivity (Wildman–Crippen MR) is 95.5 cm³/mol. The SMILES string of the molecule is Cc1ccc(O[C@@H]2CC[C@H](CNC(=O)CC[C@@H]3CCCO3)[C@H]2O)cc1. The molecule has 0 aromatic heterocycles. The molecular formula is C20H29NO4. The van der Waals surface area contributed by atoms with Crippen LogP contribution < -0.4 is 10.1 Å². The van der Waals surface area contributed by atoms with Crippen molar-refractivity contribution in [1.82, 2.24) is 5.32 Å². The van der Waals surface area contributed by atoms with Gasteiger partial charge in [0.25, 0.3) is 0 Å². The number of hydrogen-bond acceptors (Lipinski definition) is 4. The van der Waals surface area contributed by atoms with Gasteiger partial charge in [0.05, 0.1) is 12.2 Å². The number of rotatable bonds is 7. The van der Waals surface area contributed by atoms with Crippen molar-refractivity contribution in [3.05, 3.63) is 29.8 Å². The summed E-state index contributed by atoms with van der Waals surface area (Å²) in [6, 6.07) is 7.87. The van der Waals surface area contributed by atoms with Crippen molar-refractivity contribution < 1.29 is 19.4 Å². The molecule has 1 aliphatic heterocycles. The van der Waals surface area contributed by atoms with E-state index in [0.29, 0.717) is 13.0 Å². The highest BCUT2D eigenvalue weighted by Crippen LogP contribution is 2.29. The van der Waals surface area contributed by atoms with Crippen molar-refractivity contribution in [2.24, 2.45) is 5.92 Å². The average molecular weight is 347 g/mol. The molecule has 1 aliphatic carbocycles. The number of nitrogens with one attached hydrogen (secondary N) is 1. The van der Waals surface area contributed by atoms with E-state index in [9.17, 15) is 9.90 Å². The molecule has 0 radical (unpaired) electrons. The Labute approximate surface area is 149 Å². The molecule has 2 N–H and O–H groups in total. The van der Waals surface area contributed by atoms with Gasteiger partial charge in [-0.25, -0.2) is 0 Å². The normalized spacial score (nSPS) is 28.9. The molecular weight excluding hydrogens is 318 g/mol. The summed E-state index contributed by atoms with van der Waals surface area (Å²) in [7, 11) is 0. The topological polar surface area (TPSA) is 67.8 Å². The first-order valence-corrected chi connectivity index (χ1v) is 9.41. The number of aryl methyl sites for hydroxylation is 1. The average Bonchev–Trinajstić information content (AvgIpc) is 3.24. The molecule has 1 aromatic carbocycles. The van der Waals surface area contributed by atoms with Gasteiger partial charge in [0, 0.05) is 25.5 Å². The number of benzene rings is 1. The molecule has 1 heterocycles. The van der Waals surface area contributed by atoms with Gasteiger partial charge in [-0.15, -0.1) is 0 Å². The van der Waals surface area contributed by atoms with Gasteiger partial charge in [-0.2, -0.15) is 0 Å². The maximum absolute atomic E-state index is 12.0. The molecule has 1 amide bonds. The van der Waals surface area contributed by atoms with Crippen LogP contribution in [0.1, 0.15) is 44.1 Å². The molecule has 1 saturated carbocycles. The van der Waals surface area contributed by atoms with Gasteiger partial charge in [-0.3, -0.25) is 4.79 Å². The van der Waals surface area contributed by atoms with Gasteiger partial charge < -0.3 is 19.9 Å². The van der Waals surface area contributed by atoms with E-state index in [1.165, 1.54) is 5.56 Å². The Balaban J connectivity index is 1.38. The van der Waals surface area contributed by atoms with E-state index in [4.69, 9.17) is 9.47 Å². The van der Waals surface area contributed by atoms with Gasteiger partial charge in [0.1, 0.15) is 11.9 Å². The first-order valence-electron chi connectivity index (χ1n) is 9.41. The zero-order chi connectivity index (χ0) is 17.6. The van der Waals surface area contributed by atoms with Crippen LogP contribution in [0.4, 0.5) is 0 Å². The van der Waals surface area contributed by atoms with Crippen molar-refractivity contribution in [1.29, 1.82) is 0 Å². The summed E-state index contributed by atoms with van der Waals surface area (Å²) in [5, 5.41) is 13.4. The lowest BCUT2D eigenvalue weighted by Crippen LogP contribution is -2.37. The quantitative estimate of drug-likeness (QED) is 0.795. The minimum Gasteiger partial charge on any atom is -0.488 e. The van der Waals surface area contributed by atoms with Crippen molar-refractivity contribution in [2.45, 2.75) is 63.8 Å². The molecule has 2 aliphatic rings. The zero-order valence-corrected chi connectivity index (χ0v) is 14.9. The standard InChI is InChI=1S/C20H29NO4/c1-14-4-7-17(8-5-14)25-18-10-6-15(20(18)23)13-21-19(22)11-9-16-3-2-12-24-16/h4-5,7-8,15-16,18,20,23H,2-3,6,9-13H2,1H3,(H,21,22)/t15-,16+,18-,20-/m1/s1. The van der Waals surface area contributed by atoms with Crippen molar-refractivity contribution in [2.75, 3.05) is 13.2 Å². The minimum atomic E-state index is -0.542. The number of hydrogen-bond donors (Lipinski definition) is 2. The van der Waals surface area contributed by atoms with E-state index in [-0.39, 0.29) is 24.0 Å². The highest BCUT2D eigenvalue weighted by molar-refractivity contribution is 5.75. The van der Waals surface area contributed by atoms with Crippen LogP contribution in [0.2, 0.25) is 0 Å². The van der Waals surface area contributed by atoms with Crippen LogP contribution >= 0.6 is 0 Å². The van der Waals surface area contributed by atoms with Gasteiger partial charge in [0.2, 0.25) is 5.91 Å². The number of carbonyl (C=O) groups excluding carboxylic acids is 1. The van der Waals surface area contributed by atoms with Gasteiger partial charge in [-0.05, 0) is 51.2 Å². The molecule has 1 aromatic rings. The summed E-state index contributed by atoms with van der Waals surface area (Å²) in [5.74, 6) is 0.892. The van der Waals surface area contributed by atoms with Crippen molar-refractivity contribution in [3.8, 4) is 5.75 Å². The zero-order valence-electron chi connectivity index (χ0n) is 14.9. The van der Waals surface area contributed by atoms with Crippen molar-refractivity contribution in [3.63, 3.8) is 0 Å². The summed E-state index contributed by atoms with van der Waals surface area (Å²) in [6.07, 6.45) is 4.63. The molecule has 2 fully saturated rings. The Morgan fingerprint density at radius 2 is 2.08 bits per heavy atom. The first kappa shape index (κ1) is 18.2. The fourth-order valence-corrected chi connectivity index (χ4v) is 3.66. The summed E-state index contributed by atoms with van der Waals surface area (Å²) >= 11 is 0. The predicted octanol–water partition coefficient (Wildman–Crippen LogP) is 2.59. The lowest BCUT2D eigenvalue weighted by Gasteiger charge is -2.21. The molecule has 3 rings (SSSR count). The Kier molecular flexibility index (Phi) is 6.32. The molecule has 0 spiro atoms. The number of amides is 1. The molecule has 0 unspecified atom stereocenters. The van der Waals surface area contributed by atoms with Crippen LogP contribution in [0, 0.1) is 12.8 Å². The molecule has 5 nitrogen and oxygen atoms in total. The fourth-order valence-electron chi connectivity index (χ4n) is 3.66.